The fraction of sp³-hybridized carbons (Fsp3) is 0.139. The van der Waals surface area contributed by atoms with Crippen LogP contribution >= 0.6 is 0 Å². The molecule has 0 fully saturated rings. The second kappa shape index (κ2) is 15.6. The number of rotatable bonds is 13. The molecule has 0 atom stereocenters. The van der Waals surface area contributed by atoms with Crippen LogP contribution in [0.3, 0.4) is 0 Å². The zero-order valence-corrected chi connectivity index (χ0v) is 25.6. The van der Waals surface area contributed by atoms with Crippen molar-refractivity contribution in [3.05, 3.63) is 126 Å². The zero-order chi connectivity index (χ0) is 32.1. The molecule has 2 heterocycles. The Morgan fingerprint density at radius 2 is 1.20 bits per heavy atom. The molecule has 10 heteroatoms. The van der Waals surface area contributed by atoms with Crippen molar-refractivity contribution in [1.82, 2.24) is 19.5 Å². The molecule has 46 heavy (non-hydrogen) atoms. The van der Waals surface area contributed by atoms with Crippen molar-refractivity contribution in [3.8, 4) is 11.5 Å². The van der Waals surface area contributed by atoms with Crippen molar-refractivity contribution in [2.24, 2.45) is 0 Å². The van der Waals surface area contributed by atoms with Gasteiger partial charge in [-0.2, -0.15) is 15.0 Å². The lowest BCUT2D eigenvalue weighted by Crippen LogP contribution is -2.08. The summed E-state index contributed by atoms with van der Waals surface area (Å²) in [5, 5.41) is 6.56. The third-order valence-corrected chi connectivity index (χ3v) is 6.62. The Hall–Kier alpha value is -6.03. The van der Waals surface area contributed by atoms with Crippen LogP contribution in [0.25, 0.3) is 23.7 Å². The minimum atomic E-state index is -0.387. The van der Waals surface area contributed by atoms with E-state index in [0.29, 0.717) is 37.5 Å². The standard InChI is InChI=1S/C36H34N6O4/c1-3-45-32(43)22-16-26-12-18-29(19-13-26)37-35-39-34(31-11-8-24-42(31)25-28-9-6-5-7-10-28)40-36(41-35)38-30-20-14-27(15-21-30)17-23-33(44)46-4-2/h5-24H,3-4,25H2,1-2H3,(H2,37,38,39,40,41)/b22-16+,23-17+. The summed E-state index contributed by atoms with van der Waals surface area (Å²) in [4.78, 5) is 37.5. The molecule has 0 aliphatic rings. The van der Waals surface area contributed by atoms with Gasteiger partial charge in [0.25, 0.3) is 0 Å². The fourth-order valence-electron chi connectivity index (χ4n) is 4.46. The number of carbonyl (C=O) groups excluding carboxylic acids is 2. The van der Waals surface area contributed by atoms with Gasteiger partial charge in [0, 0.05) is 36.3 Å². The van der Waals surface area contributed by atoms with Crippen molar-refractivity contribution < 1.29 is 19.1 Å². The summed E-state index contributed by atoms with van der Waals surface area (Å²) in [5.74, 6) is 0.418. The molecule has 0 bridgehead atoms. The summed E-state index contributed by atoms with van der Waals surface area (Å²) in [7, 11) is 0. The molecule has 0 aliphatic carbocycles. The van der Waals surface area contributed by atoms with Crippen molar-refractivity contribution in [1.29, 1.82) is 0 Å². The Bertz CT molecular complexity index is 1720. The number of benzene rings is 3. The summed E-state index contributed by atoms with van der Waals surface area (Å²) >= 11 is 0. The van der Waals surface area contributed by atoms with E-state index in [2.05, 4.69) is 32.3 Å². The molecule has 5 rings (SSSR count). The van der Waals surface area contributed by atoms with Crippen LogP contribution in [0.1, 0.15) is 30.5 Å². The Morgan fingerprint density at radius 3 is 1.70 bits per heavy atom. The molecule has 232 valence electrons. The Balaban J connectivity index is 1.40. The van der Waals surface area contributed by atoms with Crippen molar-refractivity contribution >= 4 is 47.4 Å². The molecule has 0 unspecified atom stereocenters. The maximum absolute atomic E-state index is 11.7. The summed E-state index contributed by atoms with van der Waals surface area (Å²) in [6, 6.07) is 29.1. The Morgan fingerprint density at radius 1 is 0.674 bits per heavy atom. The van der Waals surface area contributed by atoms with Crippen LogP contribution in [0.4, 0.5) is 23.3 Å². The predicted molar refractivity (Wildman–Crippen MR) is 180 cm³/mol. The molecule has 10 nitrogen and oxygen atoms in total. The number of anilines is 4. The third-order valence-electron chi connectivity index (χ3n) is 6.62. The number of esters is 2. The van der Waals surface area contributed by atoms with Gasteiger partial charge in [-0.15, -0.1) is 0 Å². The van der Waals surface area contributed by atoms with Gasteiger partial charge in [0.2, 0.25) is 11.9 Å². The highest BCUT2D eigenvalue weighted by atomic mass is 16.5. The van der Waals surface area contributed by atoms with Crippen LogP contribution in [-0.2, 0) is 25.6 Å². The minimum Gasteiger partial charge on any atom is -0.463 e. The predicted octanol–water partition coefficient (Wildman–Crippen LogP) is 7.03. The lowest BCUT2D eigenvalue weighted by Gasteiger charge is -2.13. The SMILES string of the molecule is CCOC(=O)/C=C/c1ccc(Nc2nc(Nc3ccc(/C=C/C(=O)OCC)cc3)nc(-c3cccn3Cc3ccccc3)n2)cc1. The second-order valence-electron chi connectivity index (χ2n) is 9.98. The van der Waals surface area contributed by atoms with E-state index in [9.17, 15) is 9.59 Å². The smallest absolute Gasteiger partial charge is 0.330 e. The van der Waals surface area contributed by atoms with Crippen LogP contribution < -0.4 is 10.6 Å². The molecule has 0 radical (unpaired) electrons. The van der Waals surface area contributed by atoms with Crippen LogP contribution in [0.15, 0.2) is 109 Å². The van der Waals surface area contributed by atoms with Crippen LogP contribution in [0.5, 0.6) is 0 Å². The molecule has 5 aromatic rings. The van der Waals surface area contributed by atoms with E-state index in [4.69, 9.17) is 19.4 Å². The quantitative estimate of drug-likeness (QED) is 0.106. The molecule has 2 aromatic heterocycles. The first-order valence-corrected chi connectivity index (χ1v) is 14.9. The monoisotopic (exact) mass is 614 g/mol. The van der Waals surface area contributed by atoms with Gasteiger partial charge in [0.05, 0.1) is 18.9 Å². The number of nitrogens with zero attached hydrogens (tertiary/aromatic N) is 4. The van der Waals surface area contributed by atoms with E-state index in [1.54, 1.807) is 26.0 Å². The van der Waals surface area contributed by atoms with E-state index in [-0.39, 0.29) is 11.9 Å². The molecule has 3 aromatic carbocycles. The highest BCUT2D eigenvalue weighted by Crippen LogP contribution is 2.24. The number of ether oxygens (including phenoxy) is 2. The Labute approximate surface area is 267 Å². The largest absolute Gasteiger partial charge is 0.463 e. The summed E-state index contributed by atoms with van der Waals surface area (Å²) in [5.41, 5.74) is 5.19. The van der Waals surface area contributed by atoms with E-state index in [1.807, 2.05) is 85.1 Å². The molecule has 0 spiro atoms. The highest BCUT2D eigenvalue weighted by molar-refractivity contribution is 5.87. The van der Waals surface area contributed by atoms with Crippen LogP contribution in [-0.4, -0.2) is 44.7 Å². The number of carbonyl (C=O) groups is 2. The van der Waals surface area contributed by atoms with Gasteiger partial charge in [-0.25, -0.2) is 9.59 Å². The minimum absolute atomic E-state index is 0.327. The lowest BCUT2D eigenvalue weighted by atomic mass is 10.2. The Kier molecular flexibility index (Phi) is 10.7. The normalized spacial score (nSPS) is 11.1. The van der Waals surface area contributed by atoms with E-state index in [1.165, 1.54) is 12.2 Å². The number of hydrogen-bond acceptors (Lipinski definition) is 9. The lowest BCUT2D eigenvalue weighted by molar-refractivity contribution is -0.138. The van der Waals surface area contributed by atoms with Gasteiger partial charge in [-0.05, 0) is 79.1 Å². The summed E-state index contributed by atoms with van der Waals surface area (Å²) in [6.07, 6.45) is 8.19. The maximum atomic E-state index is 11.7. The highest BCUT2D eigenvalue weighted by Gasteiger charge is 2.13. The first kappa shape index (κ1) is 31.4. The van der Waals surface area contributed by atoms with E-state index < -0.39 is 0 Å². The molecule has 0 saturated carbocycles. The zero-order valence-electron chi connectivity index (χ0n) is 25.6. The summed E-state index contributed by atoms with van der Waals surface area (Å²) in [6.45, 7) is 4.84. The van der Waals surface area contributed by atoms with E-state index in [0.717, 1.165) is 33.8 Å². The number of nitrogens with one attached hydrogen (secondary N) is 2. The van der Waals surface area contributed by atoms with Crippen molar-refractivity contribution in [2.45, 2.75) is 20.4 Å². The maximum Gasteiger partial charge on any atom is 0.330 e. The average molecular weight is 615 g/mol. The fourth-order valence-corrected chi connectivity index (χ4v) is 4.46. The topological polar surface area (TPSA) is 120 Å². The van der Waals surface area contributed by atoms with Gasteiger partial charge in [-0.3, -0.25) is 0 Å². The second-order valence-corrected chi connectivity index (χ2v) is 9.98. The van der Waals surface area contributed by atoms with Crippen LogP contribution in [0.2, 0.25) is 0 Å². The van der Waals surface area contributed by atoms with E-state index >= 15 is 0 Å². The van der Waals surface area contributed by atoms with Gasteiger partial charge in [-0.1, -0.05) is 54.6 Å². The van der Waals surface area contributed by atoms with Gasteiger partial charge in [0.15, 0.2) is 5.82 Å². The number of aromatic nitrogens is 4. The number of hydrogen-bond donors (Lipinski definition) is 2. The van der Waals surface area contributed by atoms with Crippen molar-refractivity contribution in [2.75, 3.05) is 23.8 Å². The van der Waals surface area contributed by atoms with Gasteiger partial charge in [0.1, 0.15) is 0 Å². The third kappa shape index (κ3) is 8.99. The first-order chi connectivity index (χ1) is 22.5. The van der Waals surface area contributed by atoms with Gasteiger partial charge < -0.3 is 24.7 Å². The van der Waals surface area contributed by atoms with Gasteiger partial charge >= 0.3 is 11.9 Å². The molecular formula is C36H34N6O4. The molecular weight excluding hydrogens is 580 g/mol. The molecule has 2 N–H and O–H groups in total. The molecule has 0 saturated heterocycles. The van der Waals surface area contributed by atoms with Crippen molar-refractivity contribution in [3.63, 3.8) is 0 Å². The van der Waals surface area contributed by atoms with Crippen LogP contribution in [0, 0.1) is 0 Å². The first-order valence-electron chi connectivity index (χ1n) is 14.9. The molecule has 0 amide bonds. The summed E-state index contributed by atoms with van der Waals surface area (Å²) < 4.78 is 12.0. The molecule has 0 aliphatic heterocycles. The average Bonchev–Trinajstić information content (AvgIpc) is 3.53.